The molecule has 2 nitrogen and oxygen atoms in total. The van der Waals surface area contributed by atoms with Gasteiger partial charge in [0, 0.05) is 21.5 Å². The first-order valence-electron chi connectivity index (χ1n) is 8.11. The fourth-order valence-corrected chi connectivity index (χ4v) is 3.64. The molecule has 2 saturated carbocycles. The molecule has 4 rings (SSSR count). The first-order valence-corrected chi connectivity index (χ1v) is 8.91. The Morgan fingerprint density at radius 2 is 2.00 bits per heavy atom. The third-order valence-electron chi connectivity index (χ3n) is 4.63. The number of halogens is 1. The van der Waals surface area contributed by atoms with Crippen molar-refractivity contribution in [3.63, 3.8) is 0 Å². The van der Waals surface area contributed by atoms with Crippen LogP contribution in [0.3, 0.4) is 0 Å². The molecular formula is C18H22BrNO. The highest BCUT2D eigenvalue weighted by Gasteiger charge is 2.32. The summed E-state index contributed by atoms with van der Waals surface area (Å²) >= 11 is 3.68. The normalized spacial score (nSPS) is 18.9. The molecule has 1 N–H and O–H groups in total. The molecule has 0 bridgehead atoms. The third-order valence-corrected chi connectivity index (χ3v) is 5.09. The average molecular weight is 348 g/mol. The maximum Gasteiger partial charge on any atom is 0.138 e. The van der Waals surface area contributed by atoms with Crippen LogP contribution in [0.25, 0.3) is 11.0 Å². The van der Waals surface area contributed by atoms with Crippen molar-refractivity contribution >= 4 is 26.9 Å². The molecule has 0 aliphatic heterocycles. The van der Waals surface area contributed by atoms with Gasteiger partial charge in [-0.3, -0.25) is 0 Å². The van der Waals surface area contributed by atoms with Crippen molar-refractivity contribution in [2.75, 3.05) is 0 Å². The molecule has 21 heavy (non-hydrogen) atoms. The van der Waals surface area contributed by atoms with Crippen LogP contribution in [0.15, 0.2) is 21.0 Å². The zero-order chi connectivity index (χ0) is 14.6. The molecule has 2 aromatic rings. The van der Waals surface area contributed by atoms with Crippen LogP contribution in [0.2, 0.25) is 0 Å². The maximum atomic E-state index is 6.34. The van der Waals surface area contributed by atoms with Gasteiger partial charge in [0.05, 0.1) is 6.54 Å². The van der Waals surface area contributed by atoms with Gasteiger partial charge in [-0.2, -0.15) is 0 Å². The molecule has 0 amide bonds. The van der Waals surface area contributed by atoms with Crippen LogP contribution in [-0.2, 0) is 6.54 Å². The number of hydrogen-bond donors (Lipinski definition) is 1. The molecule has 112 valence electrons. The predicted molar refractivity (Wildman–Crippen MR) is 89.8 cm³/mol. The standard InChI is InChI=1S/C18H22BrNO/c1-10(2)14-7-12(19)8-15-17(11-3-4-11)16(21-18(14)15)9-20-13-5-6-13/h7-8,10-11,13,20H,3-6,9H2,1-2H3. The number of hydrogen-bond acceptors (Lipinski definition) is 2. The largest absolute Gasteiger partial charge is 0.459 e. The van der Waals surface area contributed by atoms with Gasteiger partial charge in [0.2, 0.25) is 0 Å². The van der Waals surface area contributed by atoms with E-state index in [1.807, 2.05) is 0 Å². The summed E-state index contributed by atoms with van der Waals surface area (Å²) in [5.74, 6) is 2.38. The molecule has 0 radical (unpaired) electrons. The third kappa shape index (κ3) is 2.66. The summed E-state index contributed by atoms with van der Waals surface area (Å²) in [5, 5.41) is 4.95. The molecule has 2 aliphatic carbocycles. The molecule has 1 aromatic heterocycles. The zero-order valence-electron chi connectivity index (χ0n) is 12.7. The predicted octanol–water partition coefficient (Wildman–Crippen LogP) is 5.45. The van der Waals surface area contributed by atoms with E-state index in [-0.39, 0.29) is 0 Å². The minimum atomic E-state index is 0.479. The first kappa shape index (κ1) is 13.8. The minimum Gasteiger partial charge on any atom is -0.459 e. The minimum absolute atomic E-state index is 0.479. The Balaban J connectivity index is 1.83. The van der Waals surface area contributed by atoms with Gasteiger partial charge >= 0.3 is 0 Å². The second kappa shape index (κ2) is 5.13. The fraction of sp³-hybridized carbons (Fsp3) is 0.556. The number of fused-ring (bicyclic) bond motifs is 1. The topological polar surface area (TPSA) is 25.2 Å². The molecular weight excluding hydrogens is 326 g/mol. The zero-order valence-corrected chi connectivity index (χ0v) is 14.3. The van der Waals surface area contributed by atoms with Crippen LogP contribution in [0.1, 0.15) is 68.3 Å². The molecule has 3 heteroatoms. The van der Waals surface area contributed by atoms with E-state index in [9.17, 15) is 0 Å². The van der Waals surface area contributed by atoms with Crippen LogP contribution in [-0.4, -0.2) is 6.04 Å². The molecule has 1 heterocycles. The van der Waals surface area contributed by atoms with Crippen LogP contribution in [0.4, 0.5) is 0 Å². The summed E-state index contributed by atoms with van der Waals surface area (Å²) in [5.41, 5.74) is 3.91. The van der Waals surface area contributed by atoms with Crippen molar-refractivity contribution < 1.29 is 4.42 Å². The van der Waals surface area contributed by atoms with Crippen LogP contribution >= 0.6 is 15.9 Å². The van der Waals surface area contributed by atoms with E-state index < -0.39 is 0 Å². The van der Waals surface area contributed by atoms with E-state index in [0.717, 1.165) is 24.1 Å². The summed E-state index contributed by atoms with van der Waals surface area (Å²) in [6.45, 7) is 5.37. The number of furan rings is 1. The van der Waals surface area contributed by atoms with Gasteiger partial charge in [-0.15, -0.1) is 0 Å². The van der Waals surface area contributed by atoms with Gasteiger partial charge in [0.15, 0.2) is 0 Å². The Hall–Kier alpha value is -0.800. The lowest BCUT2D eigenvalue weighted by atomic mass is 9.98. The maximum absolute atomic E-state index is 6.34. The molecule has 0 saturated heterocycles. The van der Waals surface area contributed by atoms with Gasteiger partial charge in [-0.05, 0) is 55.2 Å². The van der Waals surface area contributed by atoms with Gasteiger partial charge < -0.3 is 9.73 Å². The molecule has 1 aromatic carbocycles. The second-order valence-electron chi connectivity index (χ2n) is 6.89. The average Bonchev–Trinajstić information content (AvgIpc) is 3.33. The van der Waals surface area contributed by atoms with E-state index in [0.29, 0.717) is 5.92 Å². The molecule has 0 unspecified atom stereocenters. The highest BCUT2D eigenvalue weighted by molar-refractivity contribution is 9.10. The van der Waals surface area contributed by atoms with Crippen LogP contribution in [0, 0.1) is 0 Å². The lowest BCUT2D eigenvalue weighted by Gasteiger charge is -2.07. The Morgan fingerprint density at radius 3 is 2.62 bits per heavy atom. The van der Waals surface area contributed by atoms with E-state index in [4.69, 9.17) is 4.42 Å². The quantitative estimate of drug-likeness (QED) is 0.777. The van der Waals surface area contributed by atoms with E-state index in [2.05, 4.69) is 47.2 Å². The summed E-state index contributed by atoms with van der Waals surface area (Å²) in [7, 11) is 0. The van der Waals surface area contributed by atoms with Crippen LogP contribution < -0.4 is 5.32 Å². The molecule has 2 aliphatic rings. The molecule has 0 spiro atoms. The summed E-state index contributed by atoms with van der Waals surface area (Å²) in [6.07, 6.45) is 5.27. The van der Waals surface area contributed by atoms with E-state index in [1.165, 1.54) is 52.4 Å². The number of benzene rings is 1. The van der Waals surface area contributed by atoms with Crippen molar-refractivity contribution in [2.45, 2.75) is 64.0 Å². The van der Waals surface area contributed by atoms with Crippen molar-refractivity contribution in [2.24, 2.45) is 0 Å². The van der Waals surface area contributed by atoms with Crippen molar-refractivity contribution in [3.05, 3.63) is 33.5 Å². The fourth-order valence-electron chi connectivity index (χ4n) is 3.16. The Labute approximate surface area is 134 Å². The number of nitrogens with one attached hydrogen (secondary N) is 1. The van der Waals surface area contributed by atoms with Gasteiger partial charge in [-0.25, -0.2) is 0 Å². The van der Waals surface area contributed by atoms with Gasteiger partial charge in [-0.1, -0.05) is 29.8 Å². The van der Waals surface area contributed by atoms with Crippen molar-refractivity contribution in [1.82, 2.24) is 5.32 Å². The SMILES string of the molecule is CC(C)c1cc(Br)cc2c(C3CC3)c(CNC3CC3)oc12. The van der Waals surface area contributed by atoms with Crippen molar-refractivity contribution in [3.8, 4) is 0 Å². The number of rotatable bonds is 5. The monoisotopic (exact) mass is 347 g/mol. The Morgan fingerprint density at radius 1 is 1.24 bits per heavy atom. The second-order valence-corrected chi connectivity index (χ2v) is 7.81. The lowest BCUT2D eigenvalue weighted by molar-refractivity contribution is 0.503. The highest BCUT2D eigenvalue weighted by atomic mass is 79.9. The van der Waals surface area contributed by atoms with Crippen molar-refractivity contribution in [1.29, 1.82) is 0 Å². The Kier molecular flexibility index (Phi) is 3.38. The lowest BCUT2D eigenvalue weighted by Crippen LogP contribution is -2.15. The molecule has 2 fully saturated rings. The highest BCUT2D eigenvalue weighted by Crippen LogP contribution is 2.48. The summed E-state index contributed by atoms with van der Waals surface area (Å²) < 4.78 is 7.51. The van der Waals surface area contributed by atoms with Gasteiger partial charge in [0.25, 0.3) is 0 Å². The first-order chi connectivity index (χ1) is 10.1. The smallest absolute Gasteiger partial charge is 0.138 e. The van der Waals surface area contributed by atoms with E-state index >= 15 is 0 Å². The summed E-state index contributed by atoms with van der Waals surface area (Å²) in [6, 6.07) is 5.19. The van der Waals surface area contributed by atoms with E-state index in [1.54, 1.807) is 0 Å². The molecule has 0 atom stereocenters. The van der Waals surface area contributed by atoms with Crippen LogP contribution in [0.5, 0.6) is 0 Å². The summed E-state index contributed by atoms with van der Waals surface area (Å²) in [4.78, 5) is 0. The Bertz CT molecular complexity index is 680. The van der Waals surface area contributed by atoms with Gasteiger partial charge in [0.1, 0.15) is 11.3 Å².